The van der Waals surface area contributed by atoms with Crippen LogP contribution in [0.25, 0.3) is 0 Å². The van der Waals surface area contributed by atoms with Gasteiger partial charge in [0.2, 0.25) is 11.7 Å². The lowest BCUT2D eigenvalue weighted by Gasteiger charge is -2.26. The lowest BCUT2D eigenvalue weighted by molar-refractivity contribution is -0.118. The first-order valence-electron chi connectivity index (χ1n) is 10.1. The number of anilines is 3. The smallest absolute Gasteiger partial charge is 0.240 e. The van der Waals surface area contributed by atoms with Crippen LogP contribution in [0.5, 0.6) is 5.75 Å². The predicted molar refractivity (Wildman–Crippen MR) is 127 cm³/mol. The molecule has 7 nitrogen and oxygen atoms in total. The number of benzene rings is 2. The molecule has 1 aromatic heterocycles. The second-order valence-electron chi connectivity index (χ2n) is 8.04. The van der Waals surface area contributed by atoms with Crippen LogP contribution in [-0.2, 0) is 4.79 Å². The number of nitrogens with zero attached hydrogens (tertiary/aromatic N) is 2. The Bertz CT molecular complexity index is 1160. The summed E-state index contributed by atoms with van der Waals surface area (Å²) in [5, 5.41) is 0.944. The highest BCUT2D eigenvalue weighted by atomic mass is 35.5. The molecule has 4 N–H and O–H groups in total. The van der Waals surface area contributed by atoms with E-state index in [1.807, 2.05) is 0 Å². The van der Waals surface area contributed by atoms with Crippen molar-refractivity contribution in [3.63, 3.8) is 0 Å². The Morgan fingerprint density at radius 3 is 2.34 bits per heavy atom. The minimum Gasteiger partial charge on any atom is -0.488 e. The maximum Gasteiger partial charge on any atom is 0.240 e. The van der Waals surface area contributed by atoms with Crippen LogP contribution in [0.15, 0.2) is 48.5 Å². The lowest BCUT2D eigenvalue weighted by Crippen LogP contribution is -2.39. The van der Waals surface area contributed by atoms with Gasteiger partial charge in [-0.3, -0.25) is 9.59 Å². The number of halogens is 1. The summed E-state index contributed by atoms with van der Waals surface area (Å²) in [5.74, 6) is 0.0277. The number of nitrogens with two attached hydrogens (primary N) is 2. The third kappa shape index (κ3) is 4.56. The van der Waals surface area contributed by atoms with Gasteiger partial charge in [0, 0.05) is 16.3 Å². The number of hydrogen-bond donors (Lipinski definition) is 2. The van der Waals surface area contributed by atoms with E-state index in [2.05, 4.69) is 11.9 Å². The molecule has 9 heteroatoms. The molecule has 0 spiro atoms. The molecule has 1 atom stereocenters. The van der Waals surface area contributed by atoms with Crippen molar-refractivity contribution in [2.24, 2.45) is 5.73 Å². The molecule has 1 fully saturated rings. The number of rotatable bonds is 8. The van der Waals surface area contributed by atoms with Crippen molar-refractivity contribution in [3.05, 3.63) is 64.0 Å². The van der Waals surface area contributed by atoms with Crippen LogP contribution in [-0.4, -0.2) is 28.3 Å². The average Bonchev–Trinajstić information content (AvgIpc) is 3.36. The Hall–Kier alpha value is -3.10. The molecule has 1 unspecified atom stereocenters. The predicted octanol–water partition coefficient (Wildman–Crippen LogP) is 4.55. The number of amides is 1. The van der Waals surface area contributed by atoms with E-state index in [4.69, 9.17) is 27.8 Å². The number of ketones is 1. The number of hydrogen-bond acceptors (Lipinski definition) is 7. The van der Waals surface area contributed by atoms with Gasteiger partial charge in [-0.2, -0.15) is 0 Å². The third-order valence-electron chi connectivity index (χ3n) is 5.39. The van der Waals surface area contributed by atoms with Gasteiger partial charge in [-0.15, -0.1) is 0 Å². The van der Waals surface area contributed by atoms with Crippen LogP contribution in [0.4, 0.5) is 16.6 Å². The molecule has 0 saturated heterocycles. The molecule has 4 rings (SSSR count). The second kappa shape index (κ2) is 8.44. The second-order valence-corrected chi connectivity index (χ2v) is 9.45. The Kier molecular flexibility index (Phi) is 5.83. The first kappa shape index (κ1) is 22.1. The molecular formula is C23H23ClN4O3S. The van der Waals surface area contributed by atoms with Gasteiger partial charge in [-0.25, -0.2) is 4.98 Å². The number of aromatic nitrogens is 1. The van der Waals surface area contributed by atoms with E-state index < -0.39 is 11.9 Å². The molecule has 166 valence electrons. The summed E-state index contributed by atoms with van der Waals surface area (Å²) in [5.41, 5.74) is 12.7. The SMILES string of the molecule is CC(C(N)=O)N(c1ccc(Cl)cc1)c1nc(N)c(C(=O)c2ccc(OC3(C)CC3)cc2)s1. The topological polar surface area (TPSA) is 112 Å². The maximum absolute atomic E-state index is 13.1. The highest BCUT2D eigenvalue weighted by molar-refractivity contribution is 7.18. The van der Waals surface area contributed by atoms with Gasteiger partial charge in [0.15, 0.2) is 5.13 Å². The summed E-state index contributed by atoms with van der Waals surface area (Å²) in [6, 6.07) is 13.2. The summed E-state index contributed by atoms with van der Waals surface area (Å²) in [4.78, 5) is 31.4. The molecule has 0 bridgehead atoms. The number of ether oxygens (including phenoxy) is 1. The normalized spacial score (nSPS) is 15.1. The summed E-state index contributed by atoms with van der Waals surface area (Å²) >= 11 is 7.10. The Balaban J connectivity index is 1.63. The number of carbonyl (C=O) groups excluding carboxylic acids is 2. The Morgan fingerprint density at radius 2 is 1.78 bits per heavy atom. The zero-order valence-corrected chi connectivity index (χ0v) is 19.2. The van der Waals surface area contributed by atoms with Gasteiger partial charge in [-0.1, -0.05) is 22.9 Å². The van der Waals surface area contributed by atoms with Crippen LogP contribution in [0, 0.1) is 0 Å². The van der Waals surface area contributed by atoms with Crippen LogP contribution in [0.1, 0.15) is 41.9 Å². The van der Waals surface area contributed by atoms with Crippen molar-refractivity contribution in [1.82, 2.24) is 4.98 Å². The van der Waals surface area contributed by atoms with Crippen LogP contribution < -0.4 is 21.1 Å². The van der Waals surface area contributed by atoms with E-state index in [-0.39, 0.29) is 17.2 Å². The zero-order valence-electron chi connectivity index (χ0n) is 17.7. The van der Waals surface area contributed by atoms with E-state index in [0.29, 0.717) is 26.3 Å². The highest BCUT2D eigenvalue weighted by Crippen LogP contribution is 2.40. The standard InChI is InChI=1S/C23H23ClN4O3S/c1-13(21(26)30)28(16-7-5-15(24)6-8-16)22-27-20(25)19(32-22)18(29)14-3-9-17(10-4-14)31-23(2)11-12-23/h3-10,13H,11-12,25H2,1-2H3,(H2,26,30). The molecule has 0 aliphatic heterocycles. The van der Waals surface area contributed by atoms with Crippen molar-refractivity contribution in [1.29, 1.82) is 0 Å². The Labute approximate surface area is 194 Å². The van der Waals surface area contributed by atoms with E-state index in [1.165, 1.54) is 0 Å². The van der Waals surface area contributed by atoms with Crippen LogP contribution in [0.2, 0.25) is 5.02 Å². The summed E-state index contributed by atoms with van der Waals surface area (Å²) in [6.07, 6.45) is 2.06. The number of thiazole rings is 1. The van der Waals surface area contributed by atoms with Crippen molar-refractivity contribution >= 4 is 51.3 Å². The molecule has 1 aliphatic carbocycles. The van der Waals surface area contributed by atoms with E-state index >= 15 is 0 Å². The first-order chi connectivity index (χ1) is 15.2. The number of primary amides is 1. The van der Waals surface area contributed by atoms with Gasteiger partial charge >= 0.3 is 0 Å². The lowest BCUT2D eigenvalue weighted by atomic mass is 10.1. The van der Waals surface area contributed by atoms with Crippen molar-refractivity contribution in [2.45, 2.75) is 38.3 Å². The average molecular weight is 471 g/mol. The molecular weight excluding hydrogens is 448 g/mol. The molecule has 1 saturated carbocycles. The fourth-order valence-electron chi connectivity index (χ4n) is 3.18. The molecule has 1 amide bonds. The van der Waals surface area contributed by atoms with E-state index in [0.717, 1.165) is 29.9 Å². The fourth-order valence-corrected chi connectivity index (χ4v) is 4.36. The molecule has 0 radical (unpaired) electrons. The monoisotopic (exact) mass is 470 g/mol. The minimum atomic E-state index is -0.718. The minimum absolute atomic E-state index is 0.0925. The maximum atomic E-state index is 13.1. The quantitative estimate of drug-likeness (QED) is 0.467. The first-order valence-corrected chi connectivity index (χ1v) is 11.3. The largest absolute Gasteiger partial charge is 0.488 e. The molecule has 3 aromatic rings. The van der Waals surface area contributed by atoms with Crippen LogP contribution in [0.3, 0.4) is 0 Å². The summed E-state index contributed by atoms with van der Waals surface area (Å²) in [6.45, 7) is 3.72. The van der Waals surface area contributed by atoms with Crippen molar-refractivity contribution in [2.75, 3.05) is 10.6 Å². The van der Waals surface area contributed by atoms with Gasteiger partial charge < -0.3 is 21.1 Å². The third-order valence-corrected chi connectivity index (χ3v) is 6.71. The summed E-state index contributed by atoms with van der Waals surface area (Å²) < 4.78 is 5.91. The molecule has 1 heterocycles. The van der Waals surface area contributed by atoms with Gasteiger partial charge in [0.1, 0.15) is 28.1 Å². The number of carbonyl (C=O) groups is 2. The zero-order chi connectivity index (χ0) is 23.0. The van der Waals surface area contributed by atoms with E-state index in [1.54, 1.807) is 60.4 Å². The molecule has 1 aliphatic rings. The molecule has 32 heavy (non-hydrogen) atoms. The van der Waals surface area contributed by atoms with Crippen molar-refractivity contribution in [3.8, 4) is 5.75 Å². The number of nitrogen functional groups attached to an aromatic ring is 1. The fraction of sp³-hybridized carbons (Fsp3) is 0.261. The summed E-state index contributed by atoms with van der Waals surface area (Å²) in [7, 11) is 0. The van der Waals surface area contributed by atoms with Gasteiger partial charge in [0.25, 0.3) is 0 Å². The molecule has 2 aromatic carbocycles. The van der Waals surface area contributed by atoms with Gasteiger partial charge in [0.05, 0.1) is 0 Å². The van der Waals surface area contributed by atoms with Crippen molar-refractivity contribution < 1.29 is 14.3 Å². The Morgan fingerprint density at radius 1 is 1.16 bits per heavy atom. The van der Waals surface area contributed by atoms with E-state index in [9.17, 15) is 9.59 Å². The highest BCUT2D eigenvalue weighted by Gasteiger charge is 2.40. The van der Waals surface area contributed by atoms with Gasteiger partial charge in [-0.05, 0) is 75.2 Å². The van der Waals surface area contributed by atoms with Crippen LogP contribution >= 0.6 is 22.9 Å².